The molecule has 0 saturated carbocycles. The maximum absolute atomic E-state index is 12.8. The molecule has 72 heavy (non-hydrogen) atoms. The van der Waals surface area contributed by atoms with E-state index < -0.39 is 12.1 Å². The molecular formula is C66H108O6. The lowest BCUT2D eigenvalue weighted by Gasteiger charge is -2.18. The van der Waals surface area contributed by atoms with Crippen LogP contribution in [-0.2, 0) is 28.6 Å². The summed E-state index contributed by atoms with van der Waals surface area (Å²) in [5, 5.41) is 0. The summed E-state index contributed by atoms with van der Waals surface area (Å²) >= 11 is 0. The molecule has 6 nitrogen and oxygen atoms in total. The van der Waals surface area contributed by atoms with Crippen molar-refractivity contribution in [2.75, 3.05) is 13.2 Å². The number of ether oxygens (including phenoxy) is 3. The molecule has 408 valence electrons. The van der Waals surface area contributed by atoms with Crippen LogP contribution in [0, 0.1) is 0 Å². The zero-order valence-corrected chi connectivity index (χ0v) is 46.7. The third-order valence-corrected chi connectivity index (χ3v) is 12.2. The Labute approximate surface area is 443 Å². The van der Waals surface area contributed by atoms with Crippen molar-refractivity contribution in [1.29, 1.82) is 0 Å². The van der Waals surface area contributed by atoms with Gasteiger partial charge in [0.05, 0.1) is 6.42 Å². The molecule has 0 saturated heterocycles. The molecular weight excluding hydrogens is 889 g/mol. The van der Waals surface area contributed by atoms with E-state index in [9.17, 15) is 14.4 Å². The van der Waals surface area contributed by atoms with Gasteiger partial charge < -0.3 is 14.2 Å². The quantitative estimate of drug-likeness (QED) is 0.0261. The van der Waals surface area contributed by atoms with Crippen LogP contribution in [0.25, 0.3) is 0 Å². The first-order chi connectivity index (χ1) is 35.5. The van der Waals surface area contributed by atoms with Gasteiger partial charge in [0, 0.05) is 12.8 Å². The zero-order valence-electron chi connectivity index (χ0n) is 46.7. The van der Waals surface area contributed by atoms with E-state index in [0.29, 0.717) is 19.3 Å². The Bertz CT molecular complexity index is 1520. The van der Waals surface area contributed by atoms with E-state index >= 15 is 0 Å². The lowest BCUT2D eigenvalue weighted by molar-refractivity contribution is -0.166. The van der Waals surface area contributed by atoms with E-state index in [2.05, 4.69) is 130 Å². The number of carbonyl (C=O) groups excluding carboxylic acids is 3. The number of allylic oxidation sites excluding steroid dienone is 19. The van der Waals surface area contributed by atoms with Crippen LogP contribution in [0.1, 0.15) is 258 Å². The number of hydrogen-bond donors (Lipinski definition) is 0. The average molecular weight is 998 g/mol. The molecule has 0 aliphatic heterocycles. The summed E-state index contributed by atoms with van der Waals surface area (Å²) in [4.78, 5) is 38.1. The SMILES string of the molecule is CC/C=C\C/C=C\C/C=C\C/C=C\C/C=C\CC(=O)OC(COC(=O)CCCCCCC/C=C\C/C=C\CCCC)COC(=O)CCCCCCCCCCCC/C=C\C/C=C\C/C=C\CCCCCCC. The molecule has 0 N–H and O–H groups in total. The largest absolute Gasteiger partial charge is 0.462 e. The molecule has 0 bridgehead atoms. The fourth-order valence-electron chi connectivity index (χ4n) is 7.78. The van der Waals surface area contributed by atoms with E-state index in [1.54, 1.807) is 6.08 Å². The van der Waals surface area contributed by atoms with Crippen LogP contribution in [0.2, 0.25) is 0 Å². The summed E-state index contributed by atoms with van der Waals surface area (Å²) in [5.74, 6) is -1.08. The number of unbranched alkanes of at least 4 members (excludes halogenated alkanes) is 22. The highest BCUT2D eigenvalue weighted by Crippen LogP contribution is 2.14. The van der Waals surface area contributed by atoms with Crippen LogP contribution in [0.3, 0.4) is 0 Å². The van der Waals surface area contributed by atoms with Crippen molar-refractivity contribution in [3.8, 4) is 0 Å². The van der Waals surface area contributed by atoms with Gasteiger partial charge in [0.1, 0.15) is 13.2 Å². The van der Waals surface area contributed by atoms with Gasteiger partial charge in [-0.15, -0.1) is 0 Å². The Morgan fingerprint density at radius 2 is 0.597 bits per heavy atom. The van der Waals surface area contributed by atoms with Crippen molar-refractivity contribution in [2.45, 2.75) is 264 Å². The first-order valence-electron chi connectivity index (χ1n) is 29.5. The second-order valence-electron chi connectivity index (χ2n) is 19.2. The van der Waals surface area contributed by atoms with Crippen molar-refractivity contribution in [2.24, 2.45) is 0 Å². The van der Waals surface area contributed by atoms with E-state index in [1.807, 2.05) is 6.08 Å². The number of rotatable bonds is 52. The van der Waals surface area contributed by atoms with Crippen LogP contribution in [0.4, 0.5) is 0 Å². The molecule has 0 aliphatic rings. The Balaban J connectivity index is 4.42. The first-order valence-corrected chi connectivity index (χ1v) is 29.5. The Kier molecular flexibility index (Phi) is 55.9. The third-order valence-electron chi connectivity index (χ3n) is 12.2. The Morgan fingerprint density at radius 3 is 0.958 bits per heavy atom. The molecule has 6 heteroatoms. The molecule has 0 aromatic carbocycles. The predicted octanol–water partition coefficient (Wildman–Crippen LogP) is 20.0. The smallest absolute Gasteiger partial charge is 0.310 e. The highest BCUT2D eigenvalue weighted by atomic mass is 16.6. The van der Waals surface area contributed by atoms with E-state index in [1.165, 1.54) is 109 Å². The second-order valence-corrected chi connectivity index (χ2v) is 19.2. The fraction of sp³-hybridized carbons (Fsp3) is 0.652. The van der Waals surface area contributed by atoms with Crippen LogP contribution < -0.4 is 0 Å². The molecule has 0 radical (unpaired) electrons. The van der Waals surface area contributed by atoms with Gasteiger partial charge in [-0.25, -0.2) is 0 Å². The van der Waals surface area contributed by atoms with Crippen LogP contribution >= 0.6 is 0 Å². The second kappa shape index (κ2) is 59.4. The summed E-state index contributed by atoms with van der Waals surface area (Å²) in [7, 11) is 0. The van der Waals surface area contributed by atoms with Crippen molar-refractivity contribution in [3.05, 3.63) is 122 Å². The molecule has 0 aromatic rings. The molecule has 0 fully saturated rings. The third kappa shape index (κ3) is 56.7. The van der Waals surface area contributed by atoms with Crippen LogP contribution in [0.5, 0.6) is 0 Å². The van der Waals surface area contributed by atoms with Crippen molar-refractivity contribution in [3.63, 3.8) is 0 Å². The maximum Gasteiger partial charge on any atom is 0.310 e. The van der Waals surface area contributed by atoms with Crippen molar-refractivity contribution < 1.29 is 28.6 Å². The molecule has 0 spiro atoms. The summed E-state index contributed by atoms with van der Waals surface area (Å²) in [5.41, 5.74) is 0. The van der Waals surface area contributed by atoms with Gasteiger partial charge in [-0.1, -0.05) is 251 Å². The van der Waals surface area contributed by atoms with E-state index in [4.69, 9.17) is 14.2 Å². The van der Waals surface area contributed by atoms with Gasteiger partial charge >= 0.3 is 17.9 Å². The monoisotopic (exact) mass is 997 g/mol. The standard InChI is InChI=1S/C66H108O6/c1-4-7-10-13-16-19-22-25-28-29-30-31-32-33-34-35-36-37-39-41-44-47-50-53-56-59-65(68)71-62-63(61-70-64(67)58-55-52-49-46-43-40-27-24-21-18-15-12-9-6-3)72-66(69)60-57-54-51-48-45-42-38-26-23-20-17-14-11-8-5-2/h8,11,15,17-18,20,22,24-27,29-30,32-33,38,45,48,54,57,63H,4-7,9-10,12-14,16,19,21,23,28,31,34-37,39-44,46-47,49-53,55-56,58-62H2,1-3H3/b11-8-,18-15-,20-17-,25-22-,27-24-,30-29-,33-32-,38-26-,48-45-,57-54-. The molecule has 1 unspecified atom stereocenters. The number of esters is 3. The molecule has 1 atom stereocenters. The van der Waals surface area contributed by atoms with Gasteiger partial charge in [0.2, 0.25) is 0 Å². The van der Waals surface area contributed by atoms with Gasteiger partial charge in [-0.05, 0) is 109 Å². The summed E-state index contributed by atoms with van der Waals surface area (Å²) < 4.78 is 16.7. The average Bonchev–Trinajstić information content (AvgIpc) is 3.38. The topological polar surface area (TPSA) is 78.9 Å². The van der Waals surface area contributed by atoms with Gasteiger partial charge in [-0.2, -0.15) is 0 Å². The lowest BCUT2D eigenvalue weighted by Crippen LogP contribution is -2.30. The molecule has 0 amide bonds. The number of hydrogen-bond acceptors (Lipinski definition) is 6. The Morgan fingerprint density at radius 1 is 0.306 bits per heavy atom. The molecule has 0 aliphatic carbocycles. The molecule has 0 heterocycles. The zero-order chi connectivity index (χ0) is 52.2. The minimum atomic E-state index is -0.844. The van der Waals surface area contributed by atoms with E-state index in [-0.39, 0.29) is 31.6 Å². The van der Waals surface area contributed by atoms with Gasteiger partial charge in [-0.3, -0.25) is 14.4 Å². The number of carbonyl (C=O) groups is 3. The molecule has 0 aromatic heterocycles. The highest BCUT2D eigenvalue weighted by Gasteiger charge is 2.19. The van der Waals surface area contributed by atoms with Crippen LogP contribution in [0.15, 0.2) is 122 Å². The summed E-state index contributed by atoms with van der Waals surface area (Å²) in [6.07, 6.45) is 82.2. The van der Waals surface area contributed by atoms with Crippen LogP contribution in [-0.4, -0.2) is 37.2 Å². The van der Waals surface area contributed by atoms with Crippen molar-refractivity contribution >= 4 is 17.9 Å². The minimum Gasteiger partial charge on any atom is -0.462 e. The molecule has 0 rings (SSSR count). The fourth-order valence-corrected chi connectivity index (χ4v) is 7.78. The Hall–Kier alpha value is -4.19. The minimum absolute atomic E-state index is 0.0890. The normalized spacial score (nSPS) is 13.0. The van der Waals surface area contributed by atoms with Gasteiger partial charge in [0.25, 0.3) is 0 Å². The maximum atomic E-state index is 12.8. The summed E-state index contributed by atoms with van der Waals surface area (Å²) in [6, 6.07) is 0. The van der Waals surface area contributed by atoms with Crippen molar-refractivity contribution in [1.82, 2.24) is 0 Å². The summed E-state index contributed by atoms with van der Waals surface area (Å²) in [6.45, 7) is 6.37. The first kappa shape index (κ1) is 67.8. The van der Waals surface area contributed by atoms with E-state index in [0.717, 1.165) is 103 Å². The van der Waals surface area contributed by atoms with Gasteiger partial charge in [0.15, 0.2) is 6.10 Å². The predicted molar refractivity (Wildman–Crippen MR) is 311 cm³/mol. The highest BCUT2D eigenvalue weighted by molar-refractivity contribution is 5.72. The lowest BCUT2D eigenvalue weighted by atomic mass is 10.1.